The van der Waals surface area contributed by atoms with Crippen molar-refractivity contribution < 1.29 is 9.59 Å². The summed E-state index contributed by atoms with van der Waals surface area (Å²) in [5, 5.41) is 5.90. The Hall–Kier alpha value is -2.44. The van der Waals surface area contributed by atoms with E-state index in [1.165, 1.54) is 5.56 Å². The summed E-state index contributed by atoms with van der Waals surface area (Å²) < 4.78 is 0. The van der Waals surface area contributed by atoms with E-state index in [0.29, 0.717) is 23.2 Å². The van der Waals surface area contributed by atoms with Gasteiger partial charge in [-0.05, 0) is 74.2 Å². The molecule has 2 aromatic rings. The molecule has 1 aromatic heterocycles. The summed E-state index contributed by atoms with van der Waals surface area (Å²) in [6.45, 7) is 5.25. The van der Waals surface area contributed by atoms with Gasteiger partial charge in [-0.25, -0.2) is 0 Å². The normalized spacial score (nSPS) is 15.2. The lowest BCUT2D eigenvalue weighted by atomic mass is 9.96. The summed E-state index contributed by atoms with van der Waals surface area (Å²) in [5.74, 6) is -0.891. The molecule has 1 fully saturated rings. The third-order valence-corrected chi connectivity index (χ3v) is 5.30. The number of pyridine rings is 1. The molecule has 2 heterocycles. The summed E-state index contributed by atoms with van der Waals surface area (Å²) >= 11 is 5.95. The molecule has 1 saturated heterocycles. The molecular weight excluding hydrogens is 376 g/mol. The fourth-order valence-corrected chi connectivity index (χ4v) is 3.49. The molecule has 148 valence electrons. The van der Waals surface area contributed by atoms with Crippen LogP contribution in [0.5, 0.6) is 0 Å². The van der Waals surface area contributed by atoms with Crippen LogP contribution in [0.4, 0.5) is 5.69 Å². The zero-order valence-electron chi connectivity index (χ0n) is 16.0. The zero-order chi connectivity index (χ0) is 19.9. The zero-order valence-corrected chi connectivity index (χ0v) is 16.7. The van der Waals surface area contributed by atoms with Gasteiger partial charge in [0.15, 0.2) is 0 Å². The number of rotatable bonds is 5. The number of nitrogens with one attached hydrogen (secondary N) is 2. The van der Waals surface area contributed by atoms with Crippen LogP contribution in [-0.4, -0.2) is 41.3 Å². The van der Waals surface area contributed by atoms with Crippen LogP contribution in [0.1, 0.15) is 24.0 Å². The fraction of sp³-hybridized carbons (Fsp3) is 0.381. The first kappa shape index (κ1) is 20.3. The van der Waals surface area contributed by atoms with Gasteiger partial charge in [-0.15, -0.1) is 0 Å². The highest BCUT2D eigenvalue weighted by Crippen LogP contribution is 2.20. The predicted octanol–water partition coefficient (Wildman–Crippen LogP) is 3.01. The first-order chi connectivity index (χ1) is 13.5. The Morgan fingerprint density at radius 3 is 2.57 bits per heavy atom. The van der Waals surface area contributed by atoms with Gasteiger partial charge < -0.3 is 10.6 Å². The van der Waals surface area contributed by atoms with Crippen LogP contribution < -0.4 is 10.6 Å². The molecule has 3 rings (SSSR count). The number of nitrogens with zero attached hydrogens (tertiary/aromatic N) is 2. The first-order valence-electron chi connectivity index (χ1n) is 9.48. The van der Waals surface area contributed by atoms with E-state index in [2.05, 4.69) is 20.5 Å². The third-order valence-electron chi connectivity index (χ3n) is 5.07. The number of likely N-dealkylation sites (tertiary alicyclic amines) is 1. The highest BCUT2D eigenvalue weighted by atomic mass is 35.5. The minimum atomic E-state index is -0.666. The largest absolute Gasteiger partial charge is 0.348 e. The number of aromatic nitrogens is 1. The number of carbonyl (C=O) groups excluding carboxylic acids is 2. The molecule has 1 aliphatic rings. The second-order valence-corrected chi connectivity index (χ2v) is 7.63. The van der Waals surface area contributed by atoms with Crippen molar-refractivity contribution in [3.63, 3.8) is 0 Å². The smallest absolute Gasteiger partial charge is 0.313 e. The van der Waals surface area contributed by atoms with Crippen molar-refractivity contribution >= 4 is 29.1 Å². The van der Waals surface area contributed by atoms with E-state index in [9.17, 15) is 9.59 Å². The Bertz CT molecular complexity index is 820. The van der Waals surface area contributed by atoms with Crippen LogP contribution >= 0.6 is 11.6 Å². The van der Waals surface area contributed by atoms with Gasteiger partial charge in [-0.3, -0.25) is 19.5 Å². The molecular formula is C21H25ClN4O2. The molecule has 2 N–H and O–H groups in total. The minimum absolute atomic E-state index is 0.387. The molecule has 28 heavy (non-hydrogen) atoms. The second-order valence-electron chi connectivity index (χ2n) is 7.20. The fourth-order valence-electron chi connectivity index (χ4n) is 3.32. The van der Waals surface area contributed by atoms with E-state index in [1.54, 1.807) is 18.2 Å². The SMILES string of the molecule is Cc1ccc(Cl)cc1NC(=O)C(=O)NCC1CCN(Cc2ccncc2)CC1. The van der Waals surface area contributed by atoms with Crippen LogP contribution in [0.3, 0.4) is 0 Å². The molecule has 0 aliphatic carbocycles. The lowest BCUT2D eigenvalue weighted by molar-refractivity contribution is -0.136. The quantitative estimate of drug-likeness (QED) is 0.756. The molecule has 0 unspecified atom stereocenters. The molecule has 2 amide bonds. The number of benzene rings is 1. The minimum Gasteiger partial charge on any atom is -0.348 e. The summed E-state index contributed by atoms with van der Waals surface area (Å²) in [5.41, 5.74) is 2.67. The van der Waals surface area contributed by atoms with E-state index in [0.717, 1.165) is 38.0 Å². The predicted molar refractivity (Wildman–Crippen MR) is 110 cm³/mol. The Morgan fingerprint density at radius 1 is 1.14 bits per heavy atom. The summed E-state index contributed by atoms with van der Waals surface area (Å²) in [6, 6.07) is 9.25. The van der Waals surface area contributed by atoms with Gasteiger partial charge >= 0.3 is 11.8 Å². The van der Waals surface area contributed by atoms with Crippen LogP contribution in [-0.2, 0) is 16.1 Å². The highest BCUT2D eigenvalue weighted by molar-refractivity contribution is 6.40. The average Bonchev–Trinajstić information content (AvgIpc) is 2.70. The Morgan fingerprint density at radius 2 is 1.86 bits per heavy atom. The maximum Gasteiger partial charge on any atom is 0.313 e. The van der Waals surface area contributed by atoms with E-state index < -0.39 is 11.8 Å². The van der Waals surface area contributed by atoms with Crippen LogP contribution in [0.15, 0.2) is 42.7 Å². The van der Waals surface area contributed by atoms with Gasteiger partial charge in [-0.1, -0.05) is 17.7 Å². The molecule has 0 atom stereocenters. The van der Waals surface area contributed by atoms with Gasteiger partial charge in [0.1, 0.15) is 0 Å². The Balaban J connectivity index is 1.40. The highest BCUT2D eigenvalue weighted by Gasteiger charge is 2.21. The van der Waals surface area contributed by atoms with E-state index in [1.807, 2.05) is 31.5 Å². The second kappa shape index (κ2) is 9.66. The summed E-state index contributed by atoms with van der Waals surface area (Å²) in [4.78, 5) is 30.7. The number of hydrogen-bond donors (Lipinski definition) is 2. The van der Waals surface area contributed by atoms with Crippen LogP contribution in [0.25, 0.3) is 0 Å². The Labute approximate surface area is 170 Å². The molecule has 1 aliphatic heterocycles. The van der Waals surface area contributed by atoms with Crippen LogP contribution in [0.2, 0.25) is 5.02 Å². The van der Waals surface area contributed by atoms with E-state index >= 15 is 0 Å². The molecule has 6 nitrogen and oxygen atoms in total. The number of amides is 2. The van der Waals surface area contributed by atoms with Crippen LogP contribution in [0, 0.1) is 12.8 Å². The van der Waals surface area contributed by atoms with Crippen molar-refractivity contribution in [1.29, 1.82) is 0 Å². The van der Waals surface area contributed by atoms with Crippen molar-refractivity contribution in [2.24, 2.45) is 5.92 Å². The number of hydrogen-bond acceptors (Lipinski definition) is 4. The molecule has 0 spiro atoms. The van der Waals surface area contributed by atoms with Gasteiger partial charge in [0.05, 0.1) is 0 Å². The molecule has 0 radical (unpaired) electrons. The number of halogens is 1. The lowest BCUT2D eigenvalue weighted by Gasteiger charge is -2.32. The van der Waals surface area contributed by atoms with Gasteiger partial charge in [0.25, 0.3) is 0 Å². The van der Waals surface area contributed by atoms with Crippen molar-refractivity contribution in [2.45, 2.75) is 26.3 Å². The lowest BCUT2D eigenvalue weighted by Crippen LogP contribution is -2.41. The number of anilines is 1. The van der Waals surface area contributed by atoms with Gasteiger partial charge in [-0.2, -0.15) is 0 Å². The maximum absolute atomic E-state index is 12.1. The first-order valence-corrected chi connectivity index (χ1v) is 9.85. The maximum atomic E-state index is 12.1. The van der Waals surface area contributed by atoms with Crippen molar-refractivity contribution in [1.82, 2.24) is 15.2 Å². The molecule has 7 heteroatoms. The van der Waals surface area contributed by atoms with Gasteiger partial charge in [0.2, 0.25) is 0 Å². The molecule has 0 saturated carbocycles. The standard InChI is InChI=1S/C21H25ClN4O2/c1-15-2-3-18(22)12-19(15)25-21(28)20(27)24-13-16-6-10-26(11-7-16)14-17-4-8-23-9-5-17/h2-5,8-9,12,16H,6-7,10-11,13-14H2,1H3,(H,24,27)(H,25,28). The van der Waals surface area contributed by atoms with Crippen molar-refractivity contribution in [3.8, 4) is 0 Å². The van der Waals surface area contributed by atoms with Gasteiger partial charge in [0, 0.05) is 36.2 Å². The summed E-state index contributed by atoms with van der Waals surface area (Å²) in [6.07, 6.45) is 5.63. The Kier molecular flexibility index (Phi) is 7.01. The van der Waals surface area contributed by atoms with E-state index in [-0.39, 0.29) is 0 Å². The topological polar surface area (TPSA) is 74.3 Å². The molecule has 1 aromatic carbocycles. The van der Waals surface area contributed by atoms with Crippen molar-refractivity contribution in [2.75, 3.05) is 25.0 Å². The average molecular weight is 401 g/mol. The third kappa shape index (κ3) is 5.78. The number of carbonyl (C=O) groups is 2. The number of piperidine rings is 1. The summed E-state index contributed by atoms with van der Waals surface area (Å²) in [7, 11) is 0. The molecule has 0 bridgehead atoms. The van der Waals surface area contributed by atoms with Crippen molar-refractivity contribution in [3.05, 3.63) is 58.9 Å². The number of aryl methyl sites for hydroxylation is 1. The monoisotopic (exact) mass is 400 g/mol. The van der Waals surface area contributed by atoms with E-state index in [4.69, 9.17) is 11.6 Å².